The molecule has 0 amide bonds. The first kappa shape index (κ1) is 14.2. The van der Waals surface area contributed by atoms with Crippen molar-refractivity contribution >= 4 is 27.2 Å². The van der Waals surface area contributed by atoms with Gasteiger partial charge in [-0.15, -0.1) is 11.3 Å². The zero-order valence-electron chi connectivity index (χ0n) is 11.3. The quantitative estimate of drug-likeness (QED) is 0.757. The summed E-state index contributed by atoms with van der Waals surface area (Å²) in [5.74, 6) is -0.184. The molecular formula is C15H17FO2S. The highest BCUT2D eigenvalue weighted by Crippen LogP contribution is 2.28. The molecule has 0 fully saturated rings. The maximum atomic E-state index is 13.1. The number of fused-ring (bicyclic) bond motifs is 1. The molecule has 1 aromatic heterocycles. The number of methoxy groups -OCH3 is 1. The van der Waals surface area contributed by atoms with Crippen LogP contribution in [0.15, 0.2) is 24.3 Å². The zero-order chi connectivity index (χ0) is 14.0. The fourth-order valence-electron chi connectivity index (χ4n) is 1.79. The van der Waals surface area contributed by atoms with Gasteiger partial charge in [-0.2, -0.15) is 0 Å². The number of rotatable bonds is 5. The summed E-state index contributed by atoms with van der Waals surface area (Å²) in [5.41, 5.74) is -0.293. The minimum atomic E-state index is -0.293. The number of hydrogen-bond donors (Lipinski definition) is 0. The summed E-state index contributed by atoms with van der Waals surface area (Å²) < 4.78 is 19.3. The molecule has 19 heavy (non-hydrogen) atoms. The van der Waals surface area contributed by atoms with Gasteiger partial charge in [0.1, 0.15) is 5.82 Å². The van der Waals surface area contributed by atoms with Crippen LogP contribution in [0.4, 0.5) is 4.39 Å². The first-order valence-electron chi connectivity index (χ1n) is 6.19. The molecule has 2 nitrogen and oxygen atoms in total. The number of carbonyl (C=O) groups excluding carboxylic acids is 1. The van der Waals surface area contributed by atoms with Gasteiger partial charge in [0.05, 0.1) is 10.5 Å². The van der Waals surface area contributed by atoms with Crippen LogP contribution >= 0.6 is 11.3 Å². The number of ketones is 1. The summed E-state index contributed by atoms with van der Waals surface area (Å²) in [4.78, 5) is 12.8. The van der Waals surface area contributed by atoms with Crippen LogP contribution in [0.1, 0.15) is 36.4 Å². The van der Waals surface area contributed by atoms with Crippen molar-refractivity contribution in [3.8, 4) is 0 Å². The Balaban J connectivity index is 2.13. The Morgan fingerprint density at radius 2 is 2.11 bits per heavy atom. The number of thiophene rings is 1. The molecule has 0 N–H and O–H groups in total. The van der Waals surface area contributed by atoms with Gasteiger partial charge >= 0.3 is 0 Å². The Morgan fingerprint density at radius 3 is 2.79 bits per heavy atom. The van der Waals surface area contributed by atoms with Crippen molar-refractivity contribution in [2.45, 2.75) is 32.3 Å². The average molecular weight is 280 g/mol. The van der Waals surface area contributed by atoms with E-state index in [2.05, 4.69) is 0 Å². The van der Waals surface area contributed by atoms with Crippen LogP contribution in [0, 0.1) is 5.82 Å². The fourth-order valence-corrected chi connectivity index (χ4v) is 2.80. The van der Waals surface area contributed by atoms with Crippen molar-refractivity contribution in [1.82, 2.24) is 0 Å². The van der Waals surface area contributed by atoms with Gasteiger partial charge in [-0.25, -0.2) is 4.39 Å². The zero-order valence-corrected chi connectivity index (χ0v) is 12.1. The van der Waals surface area contributed by atoms with Gasteiger partial charge in [0.2, 0.25) is 0 Å². The van der Waals surface area contributed by atoms with E-state index in [0.29, 0.717) is 17.7 Å². The van der Waals surface area contributed by atoms with E-state index in [0.717, 1.165) is 10.1 Å². The standard InChI is InChI=1S/C15H17FO2S/c1-15(2,18-3)7-6-12(17)14-9-10-8-11(16)4-5-13(10)19-14/h4-5,8-9H,6-7H2,1-3H3. The monoisotopic (exact) mass is 280 g/mol. The third kappa shape index (κ3) is 3.39. The highest BCUT2D eigenvalue weighted by Gasteiger charge is 2.19. The second-order valence-electron chi connectivity index (χ2n) is 5.18. The van der Waals surface area contributed by atoms with Gasteiger partial charge in [0.25, 0.3) is 0 Å². The first-order valence-corrected chi connectivity index (χ1v) is 7.00. The number of Topliss-reactive ketones (excluding diaryl/α,β-unsaturated/α-hetero) is 1. The van der Waals surface area contributed by atoms with Gasteiger partial charge in [-0.3, -0.25) is 4.79 Å². The Hall–Kier alpha value is -1.26. The molecule has 0 aliphatic heterocycles. The second-order valence-corrected chi connectivity index (χ2v) is 6.26. The van der Waals surface area contributed by atoms with E-state index in [1.54, 1.807) is 19.2 Å². The van der Waals surface area contributed by atoms with E-state index < -0.39 is 0 Å². The van der Waals surface area contributed by atoms with Crippen LogP contribution in [-0.2, 0) is 4.74 Å². The van der Waals surface area contributed by atoms with E-state index in [-0.39, 0.29) is 17.2 Å². The topological polar surface area (TPSA) is 26.3 Å². The van der Waals surface area contributed by atoms with Crippen molar-refractivity contribution in [2.75, 3.05) is 7.11 Å². The third-order valence-electron chi connectivity index (χ3n) is 3.26. The van der Waals surface area contributed by atoms with Crippen molar-refractivity contribution in [2.24, 2.45) is 0 Å². The van der Waals surface area contributed by atoms with Crippen molar-refractivity contribution in [1.29, 1.82) is 0 Å². The normalized spacial score (nSPS) is 12.0. The van der Waals surface area contributed by atoms with Crippen molar-refractivity contribution < 1.29 is 13.9 Å². The van der Waals surface area contributed by atoms with Gasteiger partial charge in [0.15, 0.2) is 5.78 Å². The number of ether oxygens (including phenoxy) is 1. The van der Waals surface area contributed by atoms with E-state index in [1.807, 2.05) is 13.8 Å². The predicted molar refractivity (Wildman–Crippen MR) is 76.4 cm³/mol. The molecule has 0 atom stereocenters. The van der Waals surface area contributed by atoms with Crippen LogP contribution in [0.2, 0.25) is 0 Å². The largest absolute Gasteiger partial charge is 0.379 e. The Bertz CT molecular complexity index is 601. The number of carbonyl (C=O) groups is 1. The lowest BCUT2D eigenvalue weighted by molar-refractivity contribution is 0.0142. The smallest absolute Gasteiger partial charge is 0.172 e. The van der Waals surface area contributed by atoms with Gasteiger partial charge in [-0.05, 0) is 49.9 Å². The molecule has 0 bridgehead atoms. The summed E-state index contributed by atoms with van der Waals surface area (Å²) in [5, 5.41) is 0.791. The summed E-state index contributed by atoms with van der Waals surface area (Å²) in [6, 6.07) is 6.36. The number of benzene rings is 1. The summed E-state index contributed by atoms with van der Waals surface area (Å²) in [6.45, 7) is 3.92. The van der Waals surface area contributed by atoms with Crippen LogP contribution in [0.5, 0.6) is 0 Å². The molecule has 0 saturated carbocycles. The molecule has 0 unspecified atom stereocenters. The van der Waals surface area contributed by atoms with Crippen LogP contribution < -0.4 is 0 Å². The predicted octanol–water partition coefficient (Wildman–Crippen LogP) is 4.43. The molecule has 0 radical (unpaired) electrons. The Morgan fingerprint density at radius 1 is 1.37 bits per heavy atom. The lowest BCUT2D eigenvalue weighted by Crippen LogP contribution is -2.23. The first-order chi connectivity index (χ1) is 8.91. The highest BCUT2D eigenvalue weighted by molar-refractivity contribution is 7.20. The van der Waals surface area contributed by atoms with E-state index in [1.165, 1.54) is 23.5 Å². The molecule has 0 saturated heterocycles. The van der Waals surface area contributed by atoms with E-state index >= 15 is 0 Å². The lowest BCUT2D eigenvalue weighted by atomic mass is 10.0. The Labute approximate surface area is 116 Å². The molecule has 0 aliphatic carbocycles. The minimum absolute atomic E-state index is 0.0896. The summed E-state index contributed by atoms with van der Waals surface area (Å²) >= 11 is 1.42. The average Bonchev–Trinajstić information content (AvgIpc) is 2.79. The molecule has 4 heteroatoms. The molecule has 1 aromatic carbocycles. The van der Waals surface area contributed by atoms with Gasteiger partial charge < -0.3 is 4.74 Å². The van der Waals surface area contributed by atoms with E-state index in [4.69, 9.17) is 4.74 Å². The van der Waals surface area contributed by atoms with Crippen LogP contribution in [0.25, 0.3) is 10.1 Å². The van der Waals surface area contributed by atoms with Crippen molar-refractivity contribution in [3.05, 3.63) is 35.0 Å². The molecule has 1 heterocycles. The van der Waals surface area contributed by atoms with Gasteiger partial charge in [-0.1, -0.05) is 0 Å². The number of halogens is 1. The van der Waals surface area contributed by atoms with E-state index in [9.17, 15) is 9.18 Å². The van der Waals surface area contributed by atoms with Crippen LogP contribution in [-0.4, -0.2) is 18.5 Å². The van der Waals surface area contributed by atoms with Crippen molar-refractivity contribution in [3.63, 3.8) is 0 Å². The maximum Gasteiger partial charge on any atom is 0.172 e. The summed E-state index contributed by atoms with van der Waals surface area (Å²) in [7, 11) is 1.65. The highest BCUT2D eigenvalue weighted by atomic mass is 32.1. The molecule has 0 spiro atoms. The molecule has 2 aromatic rings. The molecule has 102 valence electrons. The fraction of sp³-hybridized carbons (Fsp3) is 0.400. The second kappa shape index (κ2) is 5.39. The van der Waals surface area contributed by atoms with Gasteiger partial charge in [0, 0.05) is 18.2 Å². The molecular weight excluding hydrogens is 263 g/mol. The summed E-state index contributed by atoms with van der Waals surface area (Å²) in [6.07, 6.45) is 1.11. The Kier molecular flexibility index (Phi) is 4.02. The molecule has 2 rings (SSSR count). The number of hydrogen-bond acceptors (Lipinski definition) is 3. The van der Waals surface area contributed by atoms with Crippen LogP contribution in [0.3, 0.4) is 0 Å². The minimum Gasteiger partial charge on any atom is -0.379 e. The maximum absolute atomic E-state index is 13.1. The lowest BCUT2D eigenvalue weighted by Gasteiger charge is -2.21. The SMILES string of the molecule is COC(C)(C)CCC(=O)c1cc2cc(F)ccc2s1. The molecule has 0 aliphatic rings. The third-order valence-corrected chi connectivity index (χ3v) is 4.42.